The van der Waals surface area contributed by atoms with Crippen LogP contribution < -0.4 is 0 Å². The Kier molecular flexibility index (Phi) is 6.70. The van der Waals surface area contributed by atoms with Gasteiger partial charge in [-0.1, -0.05) is 62.4 Å². The van der Waals surface area contributed by atoms with Crippen molar-refractivity contribution in [3.8, 4) is 0 Å². The first kappa shape index (κ1) is 23.7. The Morgan fingerprint density at radius 1 is 1.09 bits per heavy atom. The standard InChI is InChI=1S/C26H40NO5/c1-25(2)23(30-18-31-25)22-21(16-19-12-8-6-9-13-19)27(5,26(3,4)32-22)24(28)29-17-20-14-10-7-11-15-20/h7,10-11,14-15,19,21-23H,6,8-9,12-13,16-18H2,1-5H3/q+1/t21-,22-,23?,27?/m0/s1. The average molecular weight is 447 g/mol. The largest absolute Gasteiger partial charge is 0.518 e. The highest BCUT2D eigenvalue weighted by atomic mass is 16.7. The zero-order chi connectivity index (χ0) is 23.0. The summed E-state index contributed by atoms with van der Waals surface area (Å²) < 4.78 is 24.6. The van der Waals surface area contributed by atoms with Gasteiger partial charge in [-0.15, -0.1) is 0 Å². The van der Waals surface area contributed by atoms with E-state index in [9.17, 15) is 4.79 Å². The molecule has 0 N–H and O–H groups in total. The number of rotatable bonds is 5. The van der Waals surface area contributed by atoms with E-state index in [0.29, 0.717) is 5.92 Å². The molecule has 4 atom stereocenters. The third-order valence-corrected chi connectivity index (χ3v) is 8.13. The fourth-order valence-electron chi connectivity index (χ4n) is 5.83. The smallest absolute Gasteiger partial charge is 0.415 e. The normalized spacial score (nSPS) is 34.5. The van der Waals surface area contributed by atoms with E-state index in [2.05, 4.69) is 13.8 Å². The van der Waals surface area contributed by atoms with Crippen LogP contribution in [0.3, 0.4) is 0 Å². The Balaban J connectivity index is 1.62. The van der Waals surface area contributed by atoms with E-state index in [1.54, 1.807) is 0 Å². The molecule has 0 radical (unpaired) electrons. The van der Waals surface area contributed by atoms with Crippen LogP contribution in [-0.4, -0.2) is 54.0 Å². The van der Waals surface area contributed by atoms with Gasteiger partial charge in [0.05, 0.1) is 12.6 Å². The van der Waals surface area contributed by atoms with E-state index in [-0.39, 0.29) is 42.2 Å². The zero-order valence-electron chi connectivity index (χ0n) is 20.3. The Morgan fingerprint density at radius 3 is 2.41 bits per heavy atom. The first-order chi connectivity index (χ1) is 15.1. The molecule has 32 heavy (non-hydrogen) atoms. The molecule has 2 saturated heterocycles. The zero-order valence-corrected chi connectivity index (χ0v) is 20.3. The van der Waals surface area contributed by atoms with Gasteiger partial charge in [0, 0.05) is 20.3 Å². The summed E-state index contributed by atoms with van der Waals surface area (Å²) in [6, 6.07) is 9.80. The molecule has 3 fully saturated rings. The Bertz CT molecular complexity index is 789. The summed E-state index contributed by atoms with van der Waals surface area (Å²) in [5.74, 6) is 0.596. The van der Waals surface area contributed by atoms with Gasteiger partial charge in [0.2, 0.25) is 5.72 Å². The molecule has 6 heteroatoms. The Morgan fingerprint density at radius 2 is 1.78 bits per heavy atom. The summed E-state index contributed by atoms with van der Waals surface area (Å²) in [5.41, 5.74) is -0.214. The van der Waals surface area contributed by atoms with Gasteiger partial charge in [0.1, 0.15) is 31.6 Å². The summed E-state index contributed by atoms with van der Waals surface area (Å²) >= 11 is 0. The third kappa shape index (κ3) is 4.35. The van der Waals surface area contributed by atoms with Gasteiger partial charge in [-0.3, -0.25) is 0 Å². The van der Waals surface area contributed by atoms with Crippen LogP contribution >= 0.6 is 0 Å². The third-order valence-electron chi connectivity index (χ3n) is 8.13. The van der Waals surface area contributed by atoms with E-state index in [1.807, 2.05) is 51.2 Å². The van der Waals surface area contributed by atoms with Crippen molar-refractivity contribution in [2.24, 2.45) is 5.92 Å². The fraction of sp³-hybridized carbons (Fsp3) is 0.731. The summed E-state index contributed by atoms with van der Waals surface area (Å²) in [7, 11) is 1.99. The van der Waals surface area contributed by atoms with Crippen molar-refractivity contribution in [1.29, 1.82) is 0 Å². The van der Waals surface area contributed by atoms with Crippen molar-refractivity contribution in [1.82, 2.24) is 0 Å². The molecule has 178 valence electrons. The molecular weight excluding hydrogens is 406 g/mol. The fourth-order valence-corrected chi connectivity index (χ4v) is 5.83. The molecule has 4 rings (SSSR count). The molecule has 6 nitrogen and oxygen atoms in total. The number of carbonyl (C=O) groups is 1. The predicted octanol–water partition coefficient (Wildman–Crippen LogP) is 5.40. The molecule has 0 bridgehead atoms. The second kappa shape index (κ2) is 9.05. The summed E-state index contributed by atoms with van der Waals surface area (Å²) in [5, 5.41) is 0. The van der Waals surface area contributed by atoms with Gasteiger partial charge in [-0.05, 0) is 25.3 Å². The lowest BCUT2D eigenvalue weighted by atomic mass is 9.81. The van der Waals surface area contributed by atoms with E-state index in [4.69, 9.17) is 18.9 Å². The van der Waals surface area contributed by atoms with Crippen molar-refractivity contribution in [2.75, 3.05) is 13.8 Å². The molecule has 1 aromatic rings. The van der Waals surface area contributed by atoms with Gasteiger partial charge in [-0.2, -0.15) is 9.28 Å². The number of ether oxygens (including phenoxy) is 4. The lowest BCUT2D eigenvalue weighted by Gasteiger charge is -2.41. The van der Waals surface area contributed by atoms with Crippen LogP contribution in [0.1, 0.15) is 71.8 Å². The topological polar surface area (TPSA) is 54.0 Å². The maximum atomic E-state index is 13.7. The molecule has 0 aromatic heterocycles. The van der Waals surface area contributed by atoms with Gasteiger partial charge in [0.15, 0.2) is 0 Å². The van der Waals surface area contributed by atoms with Crippen LogP contribution in [0.4, 0.5) is 4.79 Å². The van der Waals surface area contributed by atoms with Crippen molar-refractivity contribution < 1.29 is 28.2 Å². The molecule has 0 spiro atoms. The minimum Gasteiger partial charge on any atom is -0.415 e. The first-order valence-electron chi connectivity index (χ1n) is 12.2. The first-order valence-corrected chi connectivity index (χ1v) is 12.2. The molecule has 1 aromatic carbocycles. The number of hydrogen-bond donors (Lipinski definition) is 0. The van der Waals surface area contributed by atoms with Crippen LogP contribution in [-0.2, 0) is 25.6 Å². The highest BCUT2D eigenvalue weighted by Gasteiger charge is 2.67. The monoisotopic (exact) mass is 446 g/mol. The molecular formula is C26H40NO5+. The van der Waals surface area contributed by atoms with E-state index in [0.717, 1.165) is 12.0 Å². The number of amides is 1. The van der Waals surface area contributed by atoms with Crippen LogP contribution in [0.25, 0.3) is 0 Å². The van der Waals surface area contributed by atoms with Crippen molar-refractivity contribution in [2.45, 2.75) is 102 Å². The van der Waals surface area contributed by atoms with Gasteiger partial charge < -0.3 is 18.9 Å². The number of hydrogen-bond acceptors (Lipinski definition) is 5. The number of benzene rings is 1. The highest BCUT2D eigenvalue weighted by molar-refractivity contribution is 5.60. The van der Waals surface area contributed by atoms with Crippen molar-refractivity contribution in [3.05, 3.63) is 35.9 Å². The number of nitrogens with zero attached hydrogens (tertiary/aromatic N) is 1. The van der Waals surface area contributed by atoms with Crippen molar-refractivity contribution >= 4 is 6.09 Å². The van der Waals surface area contributed by atoms with Gasteiger partial charge in [0.25, 0.3) is 0 Å². The number of quaternary nitrogens is 1. The molecule has 1 amide bonds. The molecule has 1 aliphatic carbocycles. The van der Waals surface area contributed by atoms with E-state index in [1.165, 1.54) is 32.1 Å². The lowest BCUT2D eigenvalue weighted by molar-refractivity contribution is -0.911. The number of likely N-dealkylation sites (N-methyl/N-ethyl adjacent to an activating group) is 1. The van der Waals surface area contributed by atoms with E-state index >= 15 is 0 Å². The molecule has 1 saturated carbocycles. The van der Waals surface area contributed by atoms with Gasteiger partial charge >= 0.3 is 6.09 Å². The maximum Gasteiger partial charge on any atom is 0.518 e. The highest BCUT2D eigenvalue weighted by Crippen LogP contribution is 2.47. The molecule has 3 aliphatic rings. The molecule has 2 aliphatic heterocycles. The SMILES string of the molecule is CC1(C)OCOC1[C@H]1OC(C)(C)[N+](C)(C(=O)OCc2ccccc2)[C@H]1CC1CCCCC1. The Hall–Kier alpha value is -1.47. The van der Waals surface area contributed by atoms with Crippen LogP contribution in [0.15, 0.2) is 30.3 Å². The quantitative estimate of drug-likeness (QED) is 0.567. The molecule has 2 heterocycles. The van der Waals surface area contributed by atoms with Crippen LogP contribution in [0, 0.1) is 5.92 Å². The Labute approximate surface area is 192 Å². The summed E-state index contributed by atoms with van der Waals surface area (Å²) in [6.07, 6.45) is 6.51. The predicted molar refractivity (Wildman–Crippen MR) is 122 cm³/mol. The van der Waals surface area contributed by atoms with E-state index < -0.39 is 11.3 Å². The minimum absolute atomic E-state index is 0.0534. The van der Waals surface area contributed by atoms with Gasteiger partial charge in [-0.25, -0.2) is 0 Å². The van der Waals surface area contributed by atoms with Crippen molar-refractivity contribution in [3.63, 3.8) is 0 Å². The van der Waals surface area contributed by atoms with Crippen LogP contribution in [0.5, 0.6) is 0 Å². The second-order valence-corrected chi connectivity index (χ2v) is 10.9. The summed E-state index contributed by atoms with van der Waals surface area (Å²) in [4.78, 5) is 13.7. The molecule has 2 unspecified atom stereocenters. The number of carbonyl (C=O) groups excluding carboxylic acids is 1. The lowest BCUT2D eigenvalue weighted by Crippen LogP contribution is -2.64. The summed E-state index contributed by atoms with van der Waals surface area (Å²) in [6.45, 7) is 8.64. The average Bonchev–Trinajstić information content (AvgIpc) is 3.22. The van der Waals surface area contributed by atoms with Crippen LogP contribution in [0.2, 0.25) is 0 Å². The minimum atomic E-state index is -0.736. The second-order valence-electron chi connectivity index (χ2n) is 10.9. The maximum absolute atomic E-state index is 13.7.